The molecule has 3 heteroatoms. The molecule has 0 radical (unpaired) electrons. The maximum atomic E-state index is 6.16. The smallest absolute Gasteiger partial charge is 0.0475 e. The molecule has 0 atom stereocenters. The summed E-state index contributed by atoms with van der Waals surface area (Å²) < 4.78 is 5.54. The van der Waals surface area contributed by atoms with E-state index in [2.05, 4.69) is 37.4 Å². The summed E-state index contributed by atoms with van der Waals surface area (Å²) in [4.78, 5) is 0. The summed E-state index contributed by atoms with van der Waals surface area (Å²) in [6, 6.07) is 8.31. The Kier molecular flexibility index (Phi) is 5.26. The molecule has 106 valence electrons. The molecule has 1 fully saturated rings. The van der Waals surface area contributed by atoms with Crippen LogP contribution >= 0.6 is 11.6 Å². The van der Waals surface area contributed by atoms with Crippen LogP contribution in [0.3, 0.4) is 0 Å². The molecule has 0 bridgehead atoms. The zero-order valence-electron chi connectivity index (χ0n) is 11.9. The highest BCUT2D eigenvalue weighted by Gasteiger charge is 2.34. The van der Waals surface area contributed by atoms with Crippen molar-refractivity contribution in [2.45, 2.75) is 32.1 Å². The predicted octanol–water partition coefficient (Wildman–Crippen LogP) is 3.63. The van der Waals surface area contributed by atoms with Gasteiger partial charge in [-0.25, -0.2) is 0 Å². The fraction of sp³-hybridized carbons (Fsp3) is 0.625. The summed E-state index contributed by atoms with van der Waals surface area (Å²) in [5.41, 5.74) is 1.53. The molecular weight excluding hydrogens is 258 g/mol. The van der Waals surface area contributed by atoms with E-state index in [1.54, 1.807) is 0 Å². The van der Waals surface area contributed by atoms with E-state index in [4.69, 9.17) is 16.3 Å². The Bertz CT molecular complexity index is 399. The molecular formula is C16H24ClNO. The first-order chi connectivity index (χ1) is 9.12. The minimum atomic E-state index is 0.179. The van der Waals surface area contributed by atoms with Gasteiger partial charge in [-0.1, -0.05) is 37.6 Å². The molecule has 0 spiro atoms. The van der Waals surface area contributed by atoms with Crippen LogP contribution in [0.5, 0.6) is 0 Å². The quantitative estimate of drug-likeness (QED) is 0.890. The van der Waals surface area contributed by atoms with Crippen molar-refractivity contribution in [3.05, 3.63) is 34.9 Å². The molecule has 1 N–H and O–H groups in total. The van der Waals surface area contributed by atoms with E-state index in [1.165, 1.54) is 5.56 Å². The summed E-state index contributed by atoms with van der Waals surface area (Å²) >= 11 is 6.16. The second kappa shape index (κ2) is 6.74. The molecule has 2 rings (SSSR count). The van der Waals surface area contributed by atoms with Crippen LogP contribution in [0.15, 0.2) is 24.3 Å². The predicted molar refractivity (Wildman–Crippen MR) is 80.9 cm³/mol. The van der Waals surface area contributed by atoms with Crippen molar-refractivity contribution in [1.82, 2.24) is 5.32 Å². The Hall–Kier alpha value is -0.570. The Labute approximate surface area is 121 Å². The molecule has 1 aliphatic rings. The number of halogens is 1. The first kappa shape index (κ1) is 14.8. The summed E-state index contributed by atoms with van der Waals surface area (Å²) in [7, 11) is 0. The molecule has 1 aromatic rings. The average Bonchev–Trinajstić information content (AvgIpc) is 2.39. The standard InChI is InChI=1S/C16H24ClNO/c1-13(2)11-18-12-16(6-8-19-9-7-16)14-4-3-5-15(17)10-14/h3-5,10,13,18H,6-9,11-12H2,1-2H3. The number of benzene rings is 1. The van der Waals surface area contributed by atoms with Crippen molar-refractivity contribution in [1.29, 1.82) is 0 Å². The average molecular weight is 282 g/mol. The molecule has 2 nitrogen and oxygen atoms in total. The normalized spacial score (nSPS) is 18.7. The summed E-state index contributed by atoms with van der Waals surface area (Å²) in [6.07, 6.45) is 2.14. The topological polar surface area (TPSA) is 21.3 Å². The zero-order chi connectivity index (χ0) is 13.7. The van der Waals surface area contributed by atoms with Crippen LogP contribution < -0.4 is 5.32 Å². The molecule has 0 aromatic heterocycles. The van der Waals surface area contributed by atoms with E-state index in [-0.39, 0.29) is 5.41 Å². The first-order valence-electron chi connectivity index (χ1n) is 7.17. The Balaban J connectivity index is 2.14. The van der Waals surface area contributed by atoms with Gasteiger partial charge in [-0.2, -0.15) is 0 Å². The third kappa shape index (κ3) is 3.95. The lowest BCUT2D eigenvalue weighted by atomic mass is 9.74. The van der Waals surface area contributed by atoms with Gasteiger partial charge in [-0.15, -0.1) is 0 Å². The highest BCUT2D eigenvalue weighted by molar-refractivity contribution is 6.30. The number of nitrogens with one attached hydrogen (secondary N) is 1. The molecule has 1 aliphatic heterocycles. The summed E-state index contributed by atoms with van der Waals surface area (Å²) in [5, 5.41) is 4.44. The van der Waals surface area contributed by atoms with Crippen molar-refractivity contribution in [2.24, 2.45) is 5.92 Å². The second-order valence-electron chi connectivity index (χ2n) is 5.93. The van der Waals surface area contributed by atoms with E-state index < -0.39 is 0 Å². The maximum absolute atomic E-state index is 6.16. The number of rotatable bonds is 5. The van der Waals surface area contributed by atoms with Gasteiger partial charge in [0.25, 0.3) is 0 Å². The lowest BCUT2D eigenvalue weighted by molar-refractivity contribution is 0.0497. The van der Waals surface area contributed by atoms with E-state index in [0.717, 1.165) is 44.2 Å². The number of ether oxygens (including phenoxy) is 1. The van der Waals surface area contributed by atoms with Gasteiger partial charge >= 0.3 is 0 Å². The molecule has 19 heavy (non-hydrogen) atoms. The monoisotopic (exact) mass is 281 g/mol. The summed E-state index contributed by atoms with van der Waals surface area (Å²) in [5.74, 6) is 0.677. The highest BCUT2D eigenvalue weighted by Crippen LogP contribution is 2.35. The highest BCUT2D eigenvalue weighted by atomic mass is 35.5. The van der Waals surface area contributed by atoms with Gasteiger partial charge in [0.15, 0.2) is 0 Å². The maximum Gasteiger partial charge on any atom is 0.0475 e. The van der Waals surface area contributed by atoms with E-state index in [9.17, 15) is 0 Å². The van der Waals surface area contributed by atoms with Crippen molar-refractivity contribution in [2.75, 3.05) is 26.3 Å². The summed E-state index contributed by atoms with van der Waals surface area (Å²) in [6.45, 7) is 8.23. The van der Waals surface area contributed by atoms with Crippen LogP contribution in [0.4, 0.5) is 0 Å². The molecule has 0 amide bonds. The van der Waals surface area contributed by atoms with Crippen molar-refractivity contribution in [3.63, 3.8) is 0 Å². The van der Waals surface area contributed by atoms with Crippen molar-refractivity contribution in [3.8, 4) is 0 Å². The van der Waals surface area contributed by atoms with Crippen LogP contribution in [0.1, 0.15) is 32.3 Å². The van der Waals surface area contributed by atoms with Crippen LogP contribution in [0, 0.1) is 5.92 Å². The van der Waals surface area contributed by atoms with Gasteiger partial charge in [-0.3, -0.25) is 0 Å². The van der Waals surface area contributed by atoms with Crippen LogP contribution in [0.2, 0.25) is 5.02 Å². The number of hydrogen-bond donors (Lipinski definition) is 1. The first-order valence-corrected chi connectivity index (χ1v) is 7.55. The lowest BCUT2D eigenvalue weighted by Crippen LogP contribution is -2.43. The molecule has 0 unspecified atom stereocenters. The van der Waals surface area contributed by atoms with Gasteiger partial charge in [0, 0.05) is 30.2 Å². The van der Waals surface area contributed by atoms with Gasteiger partial charge in [0.1, 0.15) is 0 Å². The fourth-order valence-corrected chi connectivity index (χ4v) is 2.94. The third-order valence-corrected chi connectivity index (χ3v) is 4.14. The van der Waals surface area contributed by atoms with Gasteiger partial charge in [0.05, 0.1) is 0 Å². The van der Waals surface area contributed by atoms with Gasteiger partial charge in [-0.05, 0) is 43.0 Å². The minimum Gasteiger partial charge on any atom is -0.381 e. The van der Waals surface area contributed by atoms with Gasteiger partial charge < -0.3 is 10.1 Å². The number of hydrogen-bond acceptors (Lipinski definition) is 2. The molecule has 0 saturated carbocycles. The van der Waals surface area contributed by atoms with Gasteiger partial charge in [0.2, 0.25) is 0 Å². The van der Waals surface area contributed by atoms with E-state index >= 15 is 0 Å². The molecule has 0 aliphatic carbocycles. The SMILES string of the molecule is CC(C)CNCC1(c2cccc(Cl)c2)CCOCC1. The molecule has 1 saturated heterocycles. The molecule has 1 heterocycles. The van der Waals surface area contributed by atoms with Crippen molar-refractivity contribution >= 4 is 11.6 Å². The Morgan fingerprint density at radius 1 is 1.32 bits per heavy atom. The minimum absolute atomic E-state index is 0.179. The Morgan fingerprint density at radius 2 is 2.05 bits per heavy atom. The molecule has 1 aromatic carbocycles. The van der Waals surface area contributed by atoms with E-state index in [0.29, 0.717) is 5.92 Å². The Morgan fingerprint density at radius 3 is 2.68 bits per heavy atom. The van der Waals surface area contributed by atoms with Crippen molar-refractivity contribution < 1.29 is 4.74 Å². The largest absolute Gasteiger partial charge is 0.381 e. The van der Waals surface area contributed by atoms with Crippen LogP contribution in [-0.4, -0.2) is 26.3 Å². The van der Waals surface area contributed by atoms with E-state index in [1.807, 2.05) is 6.07 Å². The third-order valence-electron chi connectivity index (χ3n) is 3.90. The zero-order valence-corrected chi connectivity index (χ0v) is 12.7. The fourth-order valence-electron chi connectivity index (χ4n) is 2.75. The lowest BCUT2D eigenvalue weighted by Gasteiger charge is -2.38. The van der Waals surface area contributed by atoms with Crippen LogP contribution in [0.25, 0.3) is 0 Å². The second-order valence-corrected chi connectivity index (χ2v) is 6.36. The van der Waals surface area contributed by atoms with Crippen LogP contribution in [-0.2, 0) is 10.2 Å².